The summed E-state index contributed by atoms with van der Waals surface area (Å²) in [5.41, 5.74) is -1.11. The Bertz CT molecular complexity index is 641. The number of benzene rings is 1. The molecular formula is C13H8F3NO3. The molecule has 2 aromatic rings. The molecule has 20 heavy (non-hydrogen) atoms. The molecule has 7 heteroatoms. The van der Waals surface area contributed by atoms with Crippen molar-refractivity contribution in [2.45, 2.75) is 6.18 Å². The Kier molecular flexibility index (Phi) is 3.60. The second-order valence-corrected chi connectivity index (χ2v) is 3.80. The molecule has 0 radical (unpaired) electrons. The van der Waals surface area contributed by atoms with E-state index in [0.717, 1.165) is 18.3 Å². The number of aromatic carboxylic acids is 1. The number of halogens is 3. The third-order valence-corrected chi connectivity index (χ3v) is 2.40. The van der Waals surface area contributed by atoms with Crippen LogP contribution in [0, 0.1) is 0 Å². The molecule has 0 spiro atoms. The second kappa shape index (κ2) is 5.20. The van der Waals surface area contributed by atoms with E-state index in [4.69, 9.17) is 9.84 Å². The van der Waals surface area contributed by atoms with Gasteiger partial charge in [0, 0.05) is 18.5 Å². The third-order valence-electron chi connectivity index (χ3n) is 2.40. The highest BCUT2D eigenvalue weighted by molar-refractivity contribution is 5.90. The van der Waals surface area contributed by atoms with Crippen molar-refractivity contribution in [1.29, 1.82) is 0 Å². The lowest BCUT2D eigenvalue weighted by atomic mass is 10.2. The predicted octanol–water partition coefficient (Wildman–Crippen LogP) is 3.59. The van der Waals surface area contributed by atoms with Crippen LogP contribution in [0.2, 0.25) is 0 Å². The van der Waals surface area contributed by atoms with E-state index in [1.54, 1.807) is 0 Å². The van der Waals surface area contributed by atoms with Crippen LogP contribution in [0.25, 0.3) is 0 Å². The van der Waals surface area contributed by atoms with Gasteiger partial charge in [0.1, 0.15) is 17.1 Å². The lowest BCUT2D eigenvalue weighted by molar-refractivity contribution is -0.137. The second-order valence-electron chi connectivity index (χ2n) is 3.80. The first-order valence-electron chi connectivity index (χ1n) is 5.40. The molecule has 1 N–H and O–H groups in total. The van der Waals surface area contributed by atoms with Gasteiger partial charge in [0.25, 0.3) is 0 Å². The van der Waals surface area contributed by atoms with Crippen molar-refractivity contribution in [1.82, 2.24) is 4.98 Å². The molecule has 1 aromatic heterocycles. The van der Waals surface area contributed by atoms with Crippen molar-refractivity contribution >= 4 is 5.97 Å². The quantitative estimate of drug-likeness (QED) is 0.935. The topological polar surface area (TPSA) is 59.4 Å². The molecule has 0 saturated carbocycles. The summed E-state index contributed by atoms with van der Waals surface area (Å²) in [7, 11) is 0. The molecule has 0 aliphatic rings. The molecule has 1 heterocycles. The van der Waals surface area contributed by atoms with Gasteiger partial charge in [-0.05, 0) is 18.2 Å². The van der Waals surface area contributed by atoms with Crippen LogP contribution in [0.15, 0.2) is 42.7 Å². The molecule has 1 aromatic carbocycles. The monoisotopic (exact) mass is 283 g/mol. The summed E-state index contributed by atoms with van der Waals surface area (Å²) >= 11 is 0. The highest BCUT2D eigenvalue weighted by Gasteiger charge is 2.30. The Morgan fingerprint density at radius 2 is 2.00 bits per heavy atom. The highest BCUT2D eigenvalue weighted by atomic mass is 19.4. The molecule has 0 amide bonds. The van der Waals surface area contributed by atoms with Crippen LogP contribution in [0.3, 0.4) is 0 Å². The van der Waals surface area contributed by atoms with Crippen molar-refractivity contribution in [3.63, 3.8) is 0 Å². The van der Waals surface area contributed by atoms with Crippen molar-refractivity contribution in [3.05, 3.63) is 53.9 Å². The van der Waals surface area contributed by atoms with E-state index in [-0.39, 0.29) is 17.1 Å². The van der Waals surface area contributed by atoms with Crippen LogP contribution in [-0.4, -0.2) is 16.1 Å². The van der Waals surface area contributed by atoms with E-state index in [0.29, 0.717) is 0 Å². The first kappa shape index (κ1) is 13.9. The third kappa shape index (κ3) is 3.05. The maximum Gasteiger partial charge on any atom is 0.416 e. The molecule has 0 aliphatic heterocycles. The van der Waals surface area contributed by atoms with Gasteiger partial charge in [0.05, 0.1) is 5.56 Å². The summed E-state index contributed by atoms with van der Waals surface area (Å²) < 4.78 is 42.8. The van der Waals surface area contributed by atoms with Gasteiger partial charge in [-0.25, -0.2) is 4.79 Å². The standard InChI is InChI=1S/C13H8F3NO3/c14-13(15,16)8-2-1-3-9(6-8)20-11-4-5-17-7-10(11)12(18)19/h1-7H,(H,18,19). The van der Waals surface area contributed by atoms with E-state index in [1.807, 2.05) is 0 Å². The lowest BCUT2D eigenvalue weighted by Crippen LogP contribution is -2.05. The molecule has 4 nitrogen and oxygen atoms in total. The Balaban J connectivity index is 2.34. The van der Waals surface area contributed by atoms with E-state index in [9.17, 15) is 18.0 Å². The molecule has 0 unspecified atom stereocenters. The molecular weight excluding hydrogens is 275 g/mol. The van der Waals surface area contributed by atoms with Crippen LogP contribution in [0.5, 0.6) is 11.5 Å². The van der Waals surface area contributed by atoms with E-state index in [1.165, 1.54) is 24.4 Å². The minimum atomic E-state index is -4.49. The number of aromatic nitrogens is 1. The SMILES string of the molecule is O=C(O)c1cnccc1Oc1cccc(C(F)(F)F)c1. The van der Waals surface area contributed by atoms with Crippen LogP contribution in [-0.2, 0) is 6.18 Å². The number of hydrogen-bond acceptors (Lipinski definition) is 3. The van der Waals surface area contributed by atoms with Crippen LogP contribution in [0.1, 0.15) is 15.9 Å². The van der Waals surface area contributed by atoms with Gasteiger partial charge in [0.2, 0.25) is 0 Å². The van der Waals surface area contributed by atoms with E-state index >= 15 is 0 Å². The predicted molar refractivity (Wildman–Crippen MR) is 62.7 cm³/mol. The van der Waals surface area contributed by atoms with Gasteiger partial charge >= 0.3 is 12.1 Å². The zero-order valence-electron chi connectivity index (χ0n) is 9.89. The minimum absolute atomic E-state index is 0.0770. The molecule has 0 saturated heterocycles. The molecule has 0 fully saturated rings. The molecule has 0 aliphatic carbocycles. The van der Waals surface area contributed by atoms with Gasteiger partial charge < -0.3 is 9.84 Å². The summed E-state index contributed by atoms with van der Waals surface area (Å²) in [4.78, 5) is 14.6. The fourth-order valence-electron chi connectivity index (χ4n) is 1.49. The van der Waals surface area contributed by atoms with Crippen LogP contribution < -0.4 is 4.74 Å². The maximum atomic E-state index is 12.6. The molecule has 2 rings (SSSR count). The summed E-state index contributed by atoms with van der Waals surface area (Å²) in [6.07, 6.45) is -2.14. The van der Waals surface area contributed by atoms with Gasteiger partial charge in [-0.15, -0.1) is 0 Å². The first-order valence-corrected chi connectivity index (χ1v) is 5.40. The number of carbonyl (C=O) groups is 1. The Morgan fingerprint density at radius 1 is 1.25 bits per heavy atom. The number of carboxylic acids is 1. The Hall–Kier alpha value is -2.57. The fraction of sp³-hybridized carbons (Fsp3) is 0.0769. The fourth-order valence-corrected chi connectivity index (χ4v) is 1.49. The molecule has 0 bridgehead atoms. The van der Waals surface area contributed by atoms with E-state index < -0.39 is 17.7 Å². The van der Waals surface area contributed by atoms with Crippen molar-refractivity contribution in [2.75, 3.05) is 0 Å². The average Bonchev–Trinajstić information content (AvgIpc) is 2.38. The molecule has 104 valence electrons. The summed E-state index contributed by atoms with van der Waals surface area (Å²) in [6.45, 7) is 0. The highest BCUT2D eigenvalue weighted by Crippen LogP contribution is 2.33. The van der Waals surface area contributed by atoms with Gasteiger partial charge in [-0.1, -0.05) is 6.07 Å². The van der Waals surface area contributed by atoms with Crippen LogP contribution >= 0.6 is 0 Å². The van der Waals surface area contributed by atoms with Crippen molar-refractivity contribution < 1.29 is 27.8 Å². The first-order chi connectivity index (χ1) is 9.38. The lowest BCUT2D eigenvalue weighted by Gasteiger charge is -2.11. The number of pyridine rings is 1. The average molecular weight is 283 g/mol. The summed E-state index contributed by atoms with van der Waals surface area (Å²) in [5, 5.41) is 8.93. The van der Waals surface area contributed by atoms with Crippen molar-refractivity contribution in [2.24, 2.45) is 0 Å². The smallest absolute Gasteiger partial charge is 0.416 e. The van der Waals surface area contributed by atoms with Crippen LogP contribution in [0.4, 0.5) is 13.2 Å². The normalized spacial score (nSPS) is 11.2. The van der Waals surface area contributed by atoms with Gasteiger partial charge in [0.15, 0.2) is 0 Å². The van der Waals surface area contributed by atoms with Gasteiger partial charge in [-0.3, -0.25) is 4.98 Å². The summed E-state index contributed by atoms with van der Waals surface area (Å²) in [6, 6.07) is 5.45. The Morgan fingerprint density at radius 3 is 2.65 bits per heavy atom. The molecule has 0 atom stereocenters. The minimum Gasteiger partial charge on any atom is -0.477 e. The summed E-state index contributed by atoms with van der Waals surface area (Å²) in [5.74, 6) is -1.46. The number of carboxylic acid groups (broad SMARTS) is 1. The number of rotatable bonds is 3. The largest absolute Gasteiger partial charge is 0.477 e. The maximum absolute atomic E-state index is 12.6. The number of hydrogen-bond donors (Lipinski definition) is 1. The zero-order chi connectivity index (χ0) is 14.8. The van der Waals surface area contributed by atoms with Gasteiger partial charge in [-0.2, -0.15) is 13.2 Å². The number of ether oxygens (including phenoxy) is 1. The number of nitrogens with zero attached hydrogens (tertiary/aromatic N) is 1. The Labute approximate surface area is 111 Å². The van der Waals surface area contributed by atoms with E-state index in [2.05, 4.69) is 4.98 Å². The van der Waals surface area contributed by atoms with Crippen molar-refractivity contribution in [3.8, 4) is 11.5 Å². The zero-order valence-corrected chi connectivity index (χ0v) is 9.89. The number of alkyl halides is 3.